The molecule has 0 amide bonds. The Morgan fingerprint density at radius 3 is 2.62 bits per heavy atom. The van der Waals surface area contributed by atoms with Crippen LogP contribution in [0.1, 0.15) is 45.6 Å². The molecule has 0 bridgehead atoms. The third-order valence-corrected chi connectivity index (χ3v) is 3.67. The lowest BCUT2D eigenvalue weighted by Crippen LogP contribution is -2.25. The van der Waals surface area contributed by atoms with Crippen molar-refractivity contribution in [2.24, 2.45) is 0 Å². The molecule has 0 atom stereocenters. The third-order valence-electron chi connectivity index (χ3n) is 3.67. The Morgan fingerprint density at radius 1 is 1.10 bits per heavy atom. The van der Waals surface area contributed by atoms with Crippen molar-refractivity contribution in [1.82, 2.24) is 10.2 Å². The van der Waals surface area contributed by atoms with E-state index in [0.717, 1.165) is 45.0 Å². The van der Waals surface area contributed by atoms with Gasteiger partial charge >= 0.3 is 0 Å². The molecule has 3 nitrogen and oxygen atoms in total. The van der Waals surface area contributed by atoms with Crippen molar-refractivity contribution < 1.29 is 4.74 Å². The van der Waals surface area contributed by atoms with Crippen molar-refractivity contribution in [2.45, 2.75) is 46.6 Å². The second kappa shape index (κ2) is 11.6. The number of hydrogen-bond donors (Lipinski definition) is 1. The minimum Gasteiger partial charge on any atom is -0.494 e. The van der Waals surface area contributed by atoms with Crippen LogP contribution in [0, 0.1) is 0 Å². The average molecular weight is 292 g/mol. The topological polar surface area (TPSA) is 24.5 Å². The van der Waals surface area contributed by atoms with Crippen LogP contribution in [0.3, 0.4) is 0 Å². The highest BCUT2D eigenvalue weighted by Crippen LogP contribution is 2.13. The van der Waals surface area contributed by atoms with E-state index in [1.165, 1.54) is 24.9 Å². The van der Waals surface area contributed by atoms with E-state index >= 15 is 0 Å². The Balaban J connectivity index is 2.15. The lowest BCUT2D eigenvalue weighted by Gasteiger charge is -2.17. The molecule has 0 aliphatic heterocycles. The zero-order valence-corrected chi connectivity index (χ0v) is 14.0. The molecule has 0 aliphatic rings. The number of ether oxygens (including phenoxy) is 1. The zero-order chi connectivity index (χ0) is 15.3. The number of rotatable bonds is 12. The summed E-state index contributed by atoms with van der Waals surface area (Å²) >= 11 is 0. The maximum atomic E-state index is 5.66. The van der Waals surface area contributed by atoms with Gasteiger partial charge in [0.25, 0.3) is 0 Å². The molecule has 1 aromatic carbocycles. The molecule has 1 aromatic rings. The van der Waals surface area contributed by atoms with Gasteiger partial charge in [-0.25, -0.2) is 0 Å². The van der Waals surface area contributed by atoms with E-state index < -0.39 is 0 Å². The molecule has 1 rings (SSSR count). The van der Waals surface area contributed by atoms with Crippen LogP contribution in [0.5, 0.6) is 5.75 Å². The van der Waals surface area contributed by atoms with Crippen LogP contribution in [0.25, 0.3) is 0 Å². The molecule has 0 aromatic heterocycles. The standard InChI is InChI=1S/C18H32N2O/c1-4-14-21-18-11-9-10-17(15-18)16-19-12-7-8-13-20(5-2)6-3/h9-11,15,19H,4-8,12-14,16H2,1-3H3. The summed E-state index contributed by atoms with van der Waals surface area (Å²) in [4.78, 5) is 2.48. The van der Waals surface area contributed by atoms with Gasteiger partial charge in [0.15, 0.2) is 0 Å². The summed E-state index contributed by atoms with van der Waals surface area (Å²) in [5.41, 5.74) is 1.30. The van der Waals surface area contributed by atoms with Crippen molar-refractivity contribution in [3.05, 3.63) is 29.8 Å². The molecule has 0 fully saturated rings. The van der Waals surface area contributed by atoms with Gasteiger partial charge in [0.1, 0.15) is 5.75 Å². The van der Waals surface area contributed by atoms with Gasteiger partial charge in [0.2, 0.25) is 0 Å². The van der Waals surface area contributed by atoms with E-state index in [1.54, 1.807) is 0 Å². The predicted octanol–water partition coefficient (Wildman–Crippen LogP) is 3.69. The highest BCUT2D eigenvalue weighted by molar-refractivity contribution is 5.28. The number of hydrogen-bond acceptors (Lipinski definition) is 3. The summed E-state index contributed by atoms with van der Waals surface area (Å²) in [7, 11) is 0. The number of unbranched alkanes of at least 4 members (excludes halogenated alkanes) is 1. The Kier molecular flexibility index (Phi) is 9.92. The van der Waals surface area contributed by atoms with E-state index in [9.17, 15) is 0 Å². The molecule has 0 saturated heterocycles. The molecule has 0 radical (unpaired) electrons. The quantitative estimate of drug-likeness (QED) is 0.595. The monoisotopic (exact) mass is 292 g/mol. The fourth-order valence-corrected chi connectivity index (χ4v) is 2.32. The predicted molar refractivity (Wildman–Crippen MR) is 91.0 cm³/mol. The molecule has 0 aliphatic carbocycles. The first-order valence-corrected chi connectivity index (χ1v) is 8.44. The largest absolute Gasteiger partial charge is 0.494 e. The summed E-state index contributed by atoms with van der Waals surface area (Å²) < 4.78 is 5.66. The van der Waals surface area contributed by atoms with Gasteiger partial charge in [0, 0.05) is 6.54 Å². The normalized spacial score (nSPS) is 11.0. The molecule has 0 saturated carbocycles. The van der Waals surface area contributed by atoms with Crippen LogP contribution in [-0.2, 0) is 6.54 Å². The van der Waals surface area contributed by atoms with Crippen molar-refractivity contribution in [3.63, 3.8) is 0 Å². The second-order valence-corrected chi connectivity index (χ2v) is 5.41. The van der Waals surface area contributed by atoms with Crippen molar-refractivity contribution in [3.8, 4) is 5.75 Å². The van der Waals surface area contributed by atoms with Crippen LogP contribution in [-0.4, -0.2) is 37.7 Å². The van der Waals surface area contributed by atoms with Gasteiger partial charge in [-0.05, 0) is 63.1 Å². The number of benzene rings is 1. The van der Waals surface area contributed by atoms with Crippen LogP contribution >= 0.6 is 0 Å². The molecule has 3 heteroatoms. The minimum absolute atomic E-state index is 0.794. The van der Waals surface area contributed by atoms with Gasteiger partial charge in [-0.2, -0.15) is 0 Å². The fraction of sp³-hybridized carbons (Fsp3) is 0.667. The molecule has 120 valence electrons. The molecule has 21 heavy (non-hydrogen) atoms. The molecular formula is C18H32N2O. The summed E-state index contributed by atoms with van der Waals surface area (Å²) in [5.74, 6) is 0.984. The van der Waals surface area contributed by atoms with Gasteiger partial charge in [-0.1, -0.05) is 32.9 Å². The first-order chi connectivity index (χ1) is 10.3. The van der Waals surface area contributed by atoms with Crippen LogP contribution in [0.15, 0.2) is 24.3 Å². The Hall–Kier alpha value is -1.06. The van der Waals surface area contributed by atoms with Crippen molar-refractivity contribution >= 4 is 0 Å². The first kappa shape index (κ1) is 18.0. The number of nitrogens with one attached hydrogen (secondary N) is 1. The summed E-state index contributed by atoms with van der Waals surface area (Å²) in [6.45, 7) is 12.9. The lowest BCUT2D eigenvalue weighted by atomic mass is 10.2. The highest BCUT2D eigenvalue weighted by Gasteiger charge is 1.99. The van der Waals surface area contributed by atoms with E-state index in [2.05, 4.69) is 49.2 Å². The second-order valence-electron chi connectivity index (χ2n) is 5.41. The first-order valence-electron chi connectivity index (χ1n) is 8.44. The maximum Gasteiger partial charge on any atom is 0.119 e. The Morgan fingerprint density at radius 2 is 1.90 bits per heavy atom. The SMILES string of the molecule is CCCOc1cccc(CNCCCCN(CC)CC)c1. The smallest absolute Gasteiger partial charge is 0.119 e. The number of nitrogens with zero attached hydrogens (tertiary/aromatic N) is 1. The van der Waals surface area contributed by atoms with Gasteiger partial charge in [0.05, 0.1) is 6.61 Å². The molecule has 0 heterocycles. The molecular weight excluding hydrogens is 260 g/mol. The van der Waals surface area contributed by atoms with Gasteiger partial charge in [-0.3, -0.25) is 0 Å². The van der Waals surface area contributed by atoms with Crippen molar-refractivity contribution in [2.75, 3.05) is 32.8 Å². The summed E-state index contributed by atoms with van der Waals surface area (Å²) in [5, 5.41) is 3.52. The van der Waals surface area contributed by atoms with Crippen LogP contribution in [0.4, 0.5) is 0 Å². The lowest BCUT2D eigenvalue weighted by molar-refractivity contribution is 0.296. The van der Waals surface area contributed by atoms with E-state index in [-0.39, 0.29) is 0 Å². The highest BCUT2D eigenvalue weighted by atomic mass is 16.5. The molecule has 1 N–H and O–H groups in total. The summed E-state index contributed by atoms with van der Waals surface area (Å²) in [6, 6.07) is 8.39. The molecule has 0 unspecified atom stereocenters. The Labute approximate surface area is 130 Å². The minimum atomic E-state index is 0.794. The maximum absolute atomic E-state index is 5.66. The van der Waals surface area contributed by atoms with E-state index in [4.69, 9.17) is 4.74 Å². The fourth-order valence-electron chi connectivity index (χ4n) is 2.32. The zero-order valence-electron chi connectivity index (χ0n) is 14.0. The van der Waals surface area contributed by atoms with Gasteiger partial charge in [-0.15, -0.1) is 0 Å². The van der Waals surface area contributed by atoms with Gasteiger partial charge < -0.3 is 15.0 Å². The summed E-state index contributed by atoms with van der Waals surface area (Å²) in [6.07, 6.45) is 3.56. The third kappa shape index (κ3) is 8.08. The van der Waals surface area contributed by atoms with Crippen LogP contribution in [0.2, 0.25) is 0 Å². The van der Waals surface area contributed by atoms with E-state index in [1.807, 2.05) is 6.07 Å². The van der Waals surface area contributed by atoms with E-state index in [0.29, 0.717) is 0 Å². The van der Waals surface area contributed by atoms with Crippen LogP contribution < -0.4 is 10.1 Å². The molecule has 0 spiro atoms. The Bertz CT molecular complexity index is 364. The van der Waals surface area contributed by atoms with Crippen molar-refractivity contribution in [1.29, 1.82) is 0 Å². The average Bonchev–Trinajstić information content (AvgIpc) is 2.53.